The Bertz CT molecular complexity index is 646. The molecule has 2 aromatic rings. The van der Waals surface area contributed by atoms with Crippen LogP contribution in [0.5, 0.6) is 0 Å². The molecule has 2 aromatic heterocycles. The van der Waals surface area contributed by atoms with Crippen LogP contribution in [0, 0.1) is 5.92 Å². The van der Waals surface area contributed by atoms with E-state index in [9.17, 15) is 9.59 Å². The van der Waals surface area contributed by atoms with E-state index < -0.39 is 12.1 Å². The summed E-state index contributed by atoms with van der Waals surface area (Å²) in [7, 11) is 0. The third-order valence-corrected chi connectivity index (χ3v) is 3.08. The molecule has 0 aliphatic heterocycles. The molecule has 2 heterocycles. The monoisotopic (exact) mass is 319 g/mol. The van der Waals surface area contributed by atoms with Crippen molar-refractivity contribution in [2.45, 2.75) is 33.4 Å². The maximum absolute atomic E-state index is 12.0. The Hall–Kier alpha value is -2.57. The van der Waals surface area contributed by atoms with Crippen LogP contribution in [-0.2, 0) is 16.1 Å². The maximum atomic E-state index is 12.0. The van der Waals surface area contributed by atoms with Crippen molar-refractivity contribution < 1.29 is 18.7 Å². The Morgan fingerprint density at radius 3 is 2.78 bits per heavy atom. The quantitative estimate of drug-likeness (QED) is 0.787. The van der Waals surface area contributed by atoms with Crippen LogP contribution in [0.25, 0.3) is 0 Å². The first kappa shape index (κ1) is 16.8. The highest BCUT2D eigenvalue weighted by molar-refractivity contribution is 5.90. The fourth-order valence-electron chi connectivity index (χ4n) is 1.85. The van der Waals surface area contributed by atoms with Gasteiger partial charge in [0.2, 0.25) is 5.76 Å². The van der Waals surface area contributed by atoms with Crippen molar-refractivity contribution in [1.29, 1.82) is 0 Å². The smallest absolute Gasteiger partial charge is 0.375 e. The van der Waals surface area contributed by atoms with Crippen molar-refractivity contribution in [2.75, 3.05) is 6.54 Å². The number of nitrogens with zero attached hydrogens (tertiary/aromatic N) is 2. The average molecular weight is 319 g/mol. The Labute approximate surface area is 134 Å². The molecule has 0 aliphatic rings. The van der Waals surface area contributed by atoms with Gasteiger partial charge >= 0.3 is 5.97 Å². The van der Waals surface area contributed by atoms with E-state index in [1.165, 1.54) is 13.0 Å². The van der Waals surface area contributed by atoms with Crippen molar-refractivity contribution in [3.05, 3.63) is 42.1 Å². The van der Waals surface area contributed by atoms with E-state index in [1.807, 2.05) is 13.8 Å². The molecule has 0 bridgehead atoms. The van der Waals surface area contributed by atoms with E-state index in [2.05, 4.69) is 10.4 Å². The van der Waals surface area contributed by atoms with Crippen molar-refractivity contribution in [3.63, 3.8) is 0 Å². The van der Waals surface area contributed by atoms with Crippen LogP contribution in [-0.4, -0.2) is 34.3 Å². The number of hydrogen-bond donors (Lipinski definition) is 1. The molecule has 1 atom stereocenters. The summed E-state index contributed by atoms with van der Waals surface area (Å²) < 4.78 is 12.2. The third-order valence-electron chi connectivity index (χ3n) is 3.08. The molecule has 0 saturated heterocycles. The molecule has 1 unspecified atom stereocenters. The summed E-state index contributed by atoms with van der Waals surface area (Å²) in [6.45, 7) is 6.46. The minimum Gasteiger partial charge on any atom is -0.452 e. The molecule has 124 valence electrons. The summed E-state index contributed by atoms with van der Waals surface area (Å²) in [5.41, 5.74) is 0. The van der Waals surface area contributed by atoms with Gasteiger partial charge in [0.05, 0.1) is 6.54 Å². The van der Waals surface area contributed by atoms with Crippen molar-refractivity contribution in [2.24, 2.45) is 5.92 Å². The standard InChI is InChI=1S/C16H21N3O4/c1-11(2)9-17-15(20)12(3)22-16(21)14-6-5-13(23-14)10-19-8-4-7-18-19/h4-8,11-12H,9-10H2,1-3H3,(H,17,20). The molecule has 2 rings (SSSR count). The van der Waals surface area contributed by atoms with Gasteiger partial charge in [0.25, 0.3) is 5.91 Å². The highest BCUT2D eigenvalue weighted by Gasteiger charge is 2.21. The van der Waals surface area contributed by atoms with Crippen LogP contribution < -0.4 is 5.32 Å². The number of nitrogens with one attached hydrogen (secondary N) is 1. The largest absolute Gasteiger partial charge is 0.452 e. The number of furan rings is 1. The van der Waals surface area contributed by atoms with Crippen LogP contribution in [0.3, 0.4) is 0 Å². The number of carbonyl (C=O) groups excluding carboxylic acids is 2. The van der Waals surface area contributed by atoms with Crippen LogP contribution in [0.4, 0.5) is 0 Å². The van der Waals surface area contributed by atoms with Crippen LogP contribution in [0.15, 0.2) is 35.0 Å². The molecule has 1 N–H and O–H groups in total. The first-order valence-corrected chi connectivity index (χ1v) is 7.50. The van der Waals surface area contributed by atoms with Gasteiger partial charge in [-0.25, -0.2) is 4.79 Å². The minimum atomic E-state index is -0.874. The summed E-state index contributed by atoms with van der Waals surface area (Å²) in [5.74, 6) is -0.00992. The van der Waals surface area contributed by atoms with E-state index in [0.29, 0.717) is 24.8 Å². The van der Waals surface area contributed by atoms with Gasteiger partial charge in [-0.1, -0.05) is 13.8 Å². The zero-order chi connectivity index (χ0) is 16.8. The number of hydrogen-bond acceptors (Lipinski definition) is 5. The van der Waals surface area contributed by atoms with Gasteiger partial charge in [0.15, 0.2) is 6.10 Å². The van der Waals surface area contributed by atoms with Crippen molar-refractivity contribution in [1.82, 2.24) is 15.1 Å². The van der Waals surface area contributed by atoms with Gasteiger partial charge in [0, 0.05) is 18.9 Å². The molecule has 7 nitrogen and oxygen atoms in total. The zero-order valence-electron chi connectivity index (χ0n) is 13.5. The molecule has 0 radical (unpaired) electrons. The Morgan fingerprint density at radius 2 is 2.13 bits per heavy atom. The van der Waals surface area contributed by atoms with E-state index in [1.54, 1.807) is 29.2 Å². The topological polar surface area (TPSA) is 86.4 Å². The Balaban J connectivity index is 1.88. The zero-order valence-corrected chi connectivity index (χ0v) is 13.5. The average Bonchev–Trinajstić information content (AvgIpc) is 3.16. The van der Waals surface area contributed by atoms with Gasteiger partial charge in [0.1, 0.15) is 5.76 Å². The van der Waals surface area contributed by atoms with E-state index in [4.69, 9.17) is 9.15 Å². The van der Waals surface area contributed by atoms with E-state index in [-0.39, 0.29) is 11.7 Å². The Kier molecular flexibility index (Phi) is 5.56. The lowest BCUT2D eigenvalue weighted by atomic mass is 10.2. The van der Waals surface area contributed by atoms with Crippen LogP contribution in [0.2, 0.25) is 0 Å². The SMILES string of the molecule is CC(C)CNC(=O)C(C)OC(=O)c1ccc(Cn2cccn2)o1. The van der Waals surface area contributed by atoms with E-state index >= 15 is 0 Å². The van der Waals surface area contributed by atoms with Gasteiger partial charge in [-0.2, -0.15) is 5.10 Å². The van der Waals surface area contributed by atoms with Crippen molar-refractivity contribution in [3.8, 4) is 0 Å². The predicted molar refractivity (Wildman–Crippen MR) is 82.8 cm³/mol. The normalized spacial score (nSPS) is 12.2. The van der Waals surface area contributed by atoms with E-state index in [0.717, 1.165) is 0 Å². The number of rotatable bonds is 7. The van der Waals surface area contributed by atoms with Gasteiger partial charge in [-0.3, -0.25) is 9.48 Å². The molecule has 0 spiro atoms. The molecule has 0 saturated carbocycles. The fraction of sp³-hybridized carbons (Fsp3) is 0.438. The van der Waals surface area contributed by atoms with Crippen LogP contribution >= 0.6 is 0 Å². The molecular formula is C16H21N3O4. The lowest BCUT2D eigenvalue weighted by Gasteiger charge is -2.13. The van der Waals surface area contributed by atoms with Gasteiger partial charge in [-0.15, -0.1) is 0 Å². The first-order valence-electron chi connectivity index (χ1n) is 7.50. The first-order chi connectivity index (χ1) is 11.0. The van der Waals surface area contributed by atoms with Crippen molar-refractivity contribution >= 4 is 11.9 Å². The minimum absolute atomic E-state index is 0.0654. The summed E-state index contributed by atoms with van der Waals surface area (Å²) in [6.07, 6.45) is 2.58. The van der Waals surface area contributed by atoms with Gasteiger partial charge < -0.3 is 14.5 Å². The number of carbonyl (C=O) groups is 2. The Morgan fingerprint density at radius 1 is 1.35 bits per heavy atom. The molecule has 0 aromatic carbocycles. The molecule has 0 aliphatic carbocycles. The summed E-state index contributed by atoms with van der Waals surface area (Å²) in [5, 5.41) is 6.77. The number of aromatic nitrogens is 2. The number of ether oxygens (including phenoxy) is 1. The molecule has 23 heavy (non-hydrogen) atoms. The third kappa shape index (κ3) is 4.98. The second-order valence-corrected chi connectivity index (χ2v) is 5.66. The number of esters is 1. The fourth-order valence-corrected chi connectivity index (χ4v) is 1.85. The molecule has 0 fully saturated rings. The van der Waals surface area contributed by atoms with Gasteiger partial charge in [-0.05, 0) is 31.0 Å². The molecular weight excluding hydrogens is 298 g/mol. The van der Waals surface area contributed by atoms with Crippen LogP contribution in [0.1, 0.15) is 37.1 Å². The highest BCUT2D eigenvalue weighted by atomic mass is 16.6. The summed E-state index contributed by atoms with van der Waals surface area (Å²) >= 11 is 0. The summed E-state index contributed by atoms with van der Waals surface area (Å²) in [4.78, 5) is 23.8. The summed E-state index contributed by atoms with van der Waals surface area (Å²) in [6, 6.07) is 5.01. The lowest BCUT2D eigenvalue weighted by Crippen LogP contribution is -2.37. The molecule has 7 heteroatoms. The number of amides is 1. The second-order valence-electron chi connectivity index (χ2n) is 5.66. The maximum Gasteiger partial charge on any atom is 0.375 e. The predicted octanol–water partition coefficient (Wildman–Crippen LogP) is 1.84. The highest BCUT2D eigenvalue weighted by Crippen LogP contribution is 2.11. The second kappa shape index (κ2) is 7.62. The lowest BCUT2D eigenvalue weighted by molar-refractivity contribution is -0.129. The molecule has 1 amide bonds.